The van der Waals surface area contributed by atoms with E-state index in [1.54, 1.807) is 12.1 Å². The predicted octanol–water partition coefficient (Wildman–Crippen LogP) is 6.47. The molecule has 0 aliphatic carbocycles. The summed E-state index contributed by atoms with van der Waals surface area (Å²) in [7, 11) is 0. The predicted molar refractivity (Wildman–Crippen MR) is 117 cm³/mol. The molecule has 134 valence electrons. The van der Waals surface area contributed by atoms with Crippen LogP contribution >= 0.6 is 67.8 Å². The zero-order valence-corrected chi connectivity index (χ0v) is 19.9. The van der Waals surface area contributed by atoms with Crippen molar-refractivity contribution in [3.8, 4) is 17.2 Å². The summed E-state index contributed by atoms with van der Waals surface area (Å²) in [6.45, 7) is 4.52. The van der Waals surface area contributed by atoms with Crippen LogP contribution in [0.15, 0.2) is 24.3 Å². The summed E-state index contributed by atoms with van der Waals surface area (Å²) in [6.07, 6.45) is 0. The van der Waals surface area contributed by atoms with E-state index in [-0.39, 0.29) is 5.75 Å². The number of hydrogen-bond acceptors (Lipinski definition) is 3. The third-order valence-electron chi connectivity index (χ3n) is 3.33. The van der Waals surface area contributed by atoms with E-state index in [2.05, 4.69) is 72.5 Å². The Bertz CT molecular complexity index is 786. The molecule has 0 heterocycles. The lowest BCUT2D eigenvalue weighted by Crippen LogP contribution is -2.29. The number of carbonyl (C=O) groups is 1. The fraction of sp³-hybridized carbons (Fsp3) is 0.235. The Hall–Kier alpha value is -0.240. The third-order valence-corrected chi connectivity index (χ3v) is 8.36. The summed E-state index contributed by atoms with van der Waals surface area (Å²) in [6, 6.07) is 6.00. The molecular weight excluding hydrogens is 671 g/mol. The topological polar surface area (TPSA) is 35.5 Å². The molecule has 25 heavy (non-hydrogen) atoms. The van der Waals surface area contributed by atoms with Crippen LogP contribution in [0.4, 0.5) is 8.78 Å². The molecule has 0 radical (unpaired) electrons. The Morgan fingerprint density at radius 3 is 1.92 bits per heavy atom. The smallest absolute Gasteiger partial charge is 0.382 e. The van der Waals surface area contributed by atoms with Gasteiger partial charge in [0, 0.05) is 19.6 Å². The molecule has 0 unspecified atom stereocenters. The van der Waals surface area contributed by atoms with Gasteiger partial charge < -0.3 is 9.47 Å². The number of halogens is 5. The summed E-state index contributed by atoms with van der Waals surface area (Å²) >= 11 is 6.84. The van der Waals surface area contributed by atoms with Gasteiger partial charge in [-0.05, 0) is 111 Å². The molecule has 3 nitrogen and oxygen atoms in total. The minimum absolute atomic E-state index is 0.0404. The first-order valence-corrected chi connectivity index (χ1v) is 10.3. The number of esters is 1. The fourth-order valence-corrected chi connectivity index (χ4v) is 4.50. The van der Waals surface area contributed by atoms with Gasteiger partial charge in [-0.25, -0.2) is 4.79 Å². The van der Waals surface area contributed by atoms with Gasteiger partial charge in [-0.2, -0.15) is 8.78 Å². The second kappa shape index (κ2) is 8.19. The third kappa shape index (κ3) is 4.93. The van der Waals surface area contributed by atoms with Crippen LogP contribution in [0.2, 0.25) is 0 Å². The number of rotatable bonds is 4. The maximum atomic E-state index is 12.9. The highest BCUT2D eigenvalue weighted by atomic mass is 127. The van der Waals surface area contributed by atoms with Crippen LogP contribution in [0.25, 0.3) is 0 Å². The highest BCUT2D eigenvalue weighted by Crippen LogP contribution is 2.38. The lowest BCUT2D eigenvalue weighted by molar-refractivity contribution is -0.158. The Labute approximate surface area is 185 Å². The lowest BCUT2D eigenvalue weighted by Gasteiger charge is -2.16. The van der Waals surface area contributed by atoms with E-state index in [9.17, 15) is 13.6 Å². The average molecular weight is 684 g/mol. The van der Waals surface area contributed by atoms with Crippen molar-refractivity contribution < 1.29 is 23.0 Å². The molecular formula is C17H13F2I3O3. The second-order valence-corrected chi connectivity index (χ2v) is 8.61. The first kappa shape index (κ1) is 21.1. The molecule has 2 aromatic rings. The van der Waals surface area contributed by atoms with Gasteiger partial charge in [-0.3, -0.25) is 0 Å². The largest absolute Gasteiger partial charge is 0.456 e. The minimum Gasteiger partial charge on any atom is -0.456 e. The van der Waals surface area contributed by atoms with Crippen molar-refractivity contribution in [2.45, 2.75) is 26.7 Å². The lowest BCUT2D eigenvalue weighted by atomic mass is 10.1. The van der Waals surface area contributed by atoms with E-state index in [0.717, 1.165) is 24.0 Å². The zero-order valence-electron chi connectivity index (χ0n) is 13.4. The normalized spacial score (nSPS) is 11.4. The number of benzene rings is 2. The summed E-state index contributed by atoms with van der Waals surface area (Å²) in [4.78, 5) is 11.2. The van der Waals surface area contributed by atoms with Crippen molar-refractivity contribution in [2.75, 3.05) is 0 Å². The average Bonchev–Trinajstić information content (AvgIpc) is 2.55. The van der Waals surface area contributed by atoms with Crippen LogP contribution in [-0.4, -0.2) is 11.9 Å². The maximum absolute atomic E-state index is 12.9. The molecule has 2 aromatic carbocycles. The van der Waals surface area contributed by atoms with E-state index in [0.29, 0.717) is 12.7 Å². The summed E-state index contributed by atoms with van der Waals surface area (Å²) in [5.41, 5.74) is 2.17. The van der Waals surface area contributed by atoms with Crippen LogP contribution in [0.3, 0.4) is 0 Å². The summed E-state index contributed by atoms with van der Waals surface area (Å²) < 4.78 is 39.7. The van der Waals surface area contributed by atoms with Gasteiger partial charge >= 0.3 is 11.9 Å². The SMILES string of the molecule is Cc1c(I)c(I)c(C)c(Oc2ccc(OC(=O)C(C)(F)F)cc2)c1I. The molecule has 0 amide bonds. The second-order valence-electron chi connectivity index (χ2n) is 5.37. The first-order chi connectivity index (χ1) is 11.5. The minimum atomic E-state index is -3.53. The van der Waals surface area contributed by atoms with Crippen LogP contribution < -0.4 is 9.47 Å². The molecule has 0 aromatic heterocycles. The Kier molecular flexibility index (Phi) is 6.90. The molecule has 0 aliphatic heterocycles. The van der Waals surface area contributed by atoms with E-state index < -0.39 is 11.9 Å². The first-order valence-electron chi connectivity index (χ1n) is 7.04. The molecule has 0 spiro atoms. The molecule has 0 bridgehead atoms. The van der Waals surface area contributed by atoms with Gasteiger partial charge in [0.2, 0.25) is 0 Å². The molecule has 0 atom stereocenters. The highest BCUT2D eigenvalue weighted by Gasteiger charge is 2.34. The number of alkyl halides is 2. The van der Waals surface area contributed by atoms with Gasteiger partial charge in [0.25, 0.3) is 0 Å². The number of ether oxygens (including phenoxy) is 2. The van der Waals surface area contributed by atoms with Crippen LogP contribution in [0, 0.1) is 24.6 Å². The van der Waals surface area contributed by atoms with E-state index in [1.807, 2.05) is 13.8 Å². The van der Waals surface area contributed by atoms with Crippen molar-refractivity contribution in [3.05, 3.63) is 46.1 Å². The molecule has 0 fully saturated rings. The van der Waals surface area contributed by atoms with Crippen molar-refractivity contribution in [3.63, 3.8) is 0 Å². The van der Waals surface area contributed by atoms with E-state index in [4.69, 9.17) is 4.74 Å². The molecule has 8 heteroatoms. The van der Waals surface area contributed by atoms with E-state index in [1.165, 1.54) is 15.7 Å². The summed E-state index contributed by atoms with van der Waals surface area (Å²) in [5.74, 6) is -3.79. The van der Waals surface area contributed by atoms with Crippen molar-refractivity contribution >= 4 is 73.7 Å². The molecule has 0 aliphatic rings. The van der Waals surface area contributed by atoms with Gasteiger partial charge in [-0.1, -0.05) is 0 Å². The molecule has 2 rings (SSSR count). The standard InChI is InChI=1S/C17H13F2I3O3/c1-8-12(20)13(21)9(2)15(14(8)22)24-10-4-6-11(7-5-10)25-16(23)17(3,18)19/h4-7H,1-3H3. The zero-order chi connectivity index (χ0) is 18.9. The van der Waals surface area contributed by atoms with Gasteiger partial charge in [0.15, 0.2) is 0 Å². The fourth-order valence-electron chi connectivity index (χ4n) is 1.87. The van der Waals surface area contributed by atoms with Crippen LogP contribution in [-0.2, 0) is 4.79 Å². The van der Waals surface area contributed by atoms with Crippen molar-refractivity contribution in [1.82, 2.24) is 0 Å². The number of hydrogen-bond donors (Lipinski definition) is 0. The monoisotopic (exact) mass is 684 g/mol. The Balaban J connectivity index is 2.24. The summed E-state index contributed by atoms with van der Waals surface area (Å²) in [5, 5.41) is 0. The van der Waals surface area contributed by atoms with Crippen molar-refractivity contribution in [1.29, 1.82) is 0 Å². The Morgan fingerprint density at radius 1 is 0.920 bits per heavy atom. The Morgan fingerprint density at radius 2 is 1.40 bits per heavy atom. The van der Waals surface area contributed by atoms with Crippen LogP contribution in [0.1, 0.15) is 18.1 Å². The van der Waals surface area contributed by atoms with E-state index >= 15 is 0 Å². The maximum Gasteiger partial charge on any atom is 0.382 e. The molecule has 0 N–H and O–H groups in total. The molecule has 0 saturated heterocycles. The van der Waals surface area contributed by atoms with Crippen molar-refractivity contribution in [2.24, 2.45) is 0 Å². The quantitative estimate of drug-likeness (QED) is 0.161. The van der Waals surface area contributed by atoms with Gasteiger partial charge in [-0.15, -0.1) is 0 Å². The van der Waals surface area contributed by atoms with Gasteiger partial charge in [0.1, 0.15) is 17.2 Å². The highest BCUT2D eigenvalue weighted by molar-refractivity contribution is 14.1. The van der Waals surface area contributed by atoms with Gasteiger partial charge in [0.05, 0.1) is 3.57 Å². The number of carbonyl (C=O) groups excluding carboxylic acids is 1. The van der Waals surface area contributed by atoms with Crippen LogP contribution in [0.5, 0.6) is 17.2 Å². The molecule has 0 saturated carbocycles.